The second-order valence-electron chi connectivity index (χ2n) is 10.8. The van der Waals surface area contributed by atoms with E-state index in [-0.39, 0.29) is 23.0 Å². The van der Waals surface area contributed by atoms with Crippen LogP contribution in [-0.4, -0.2) is 20.4 Å². The van der Waals surface area contributed by atoms with Crippen molar-refractivity contribution < 1.29 is 29.5 Å². The van der Waals surface area contributed by atoms with E-state index in [1.54, 1.807) is 97.1 Å². The molecule has 0 amide bonds. The smallest absolute Gasteiger partial charge is 0.450 e. The van der Waals surface area contributed by atoms with Crippen LogP contribution < -0.4 is 30.3 Å². The summed E-state index contributed by atoms with van der Waals surface area (Å²) >= 11 is 0. The summed E-state index contributed by atoms with van der Waals surface area (Å²) in [4.78, 5) is 0. The molecule has 240 valence electrons. The molecule has 1 aliphatic rings. The van der Waals surface area contributed by atoms with E-state index in [2.05, 4.69) is 0 Å². The Balaban J connectivity index is 1.71. The molecule has 6 aromatic carbocycles. The van der Waals surface area contributed by atoms with Crippen LogP contribution in [0.1, 0.15) is 0 Å². The third kappa shape index (κ3) is 6.12. The van der Waals surface area contributed by atoms with E-state index in [0.717, 1.165) is 0 Å². The van der Waals surface area contributed by atoms with Crippen molar-refractivity contribution in [3.63, 3.8) is 0 Å². The Morgan fingerprint density at radius 1 is 0.333 bits per heavy atom. The third-order valence-corrected chi connectivity index (χ3v) is 18.4. The molecule has 0 fully saturated rings. The van der Waals surface area contributed by atoms with Crippen molar-refractivity contribution in [2.75, 3.05) is 0 Å². The summed E-state index contributed by atoms with van der Waals surface area (Å²) in [7, 11) is -10.5. The van der Waals surface area contributed by atoms with Crippen molar-refractivity contribution in [2.45, 2.75) is 0 Å². The van der Waals surface area contributed by atoms with E-state index < -0.39 is 22.1 Å². The number of phenols is 4. The van der Waals surface area contributed by atoms with E-state index in [1.807, 2.05) is 60.7 Å². The summed E-state index contributed by atoms with van der Waals surface area (Å²) in [6.45, 7) is 0. The molecular formula is C36H30N3O6P3. The zero-order valence-corrected chi connectivity index (χ0v) is 28.0. The molecule has 0 aromatic heterocycles. The zero-order valence-electron chi connectivity index (χ0n) is 25.3. The lowest BCUT2D eigenvalue weighted by molar-refractivity contribution is 0.475. The minimum absolute atomic E-state index is 0.0737. The lowest BCUT2D eigenvalue weighted by Gasteiger charge is -2.36. The van der Waals surface area contributed by atoms with Crippen LogP contribution >= 0.6 is 22.1 Å². The Bertz CT molecular complexity index is 1990. The molecule has 0 radical (unpaired) electrons. The molecule has 0 spiro atoms. The lowest BCUT2D eigenvalue weighted by Crippen LogP contribution is -2.22. The van der Waals surface area contributed by atoms with Crippen molar-refractivity contribution in [1.82, 2.24) is 0 Å². The maximum Gasteiger partial charge on any atom is 0.450 e. The van der Waals surface area contributed by atoms with E-state index >= 15 is 0 Å². The highest BCUT2D eigenvalue weighted by Crippen LogP contribution is 2.77. The minimum Gasteiger partial charge on any atom is -0.508 e. The number of benzene rings is 6. The Kier molecular flexibility index (Phi) is 8.36. The third-order valence-electron chi connectivity index (χ3n) is 7.52. The van der Waals surface area contributed by atoms with Gasteiger partial charge in [0.2, 0.25) is 0 Å². The summed E-state index contributed by atoms with van der Waals surface area (Å²) in [5, 5.41) is 44.2. The number of nitrogens with zero attached hydrogens (tertiary/aromatic N) is 3. The summed E-state index contributed by atoms with van der Waals surface area (Å²) in [6.07, 6.45) is 0. The maximum absolute atomic E-state index is 10.4. The van der Waals surface area contributed by atoms with Crippen molar-refractivity contribution in [1.29, 1.82) is 0 Å². The molecule has 48 heavy (non-hydrogen) atoms. The van der Waals surface area contributed by atoms with Crippen LogP contribution in [0.2, 0.25) is 0 Å². The van der Waals surface area contributed by atoms with Crippen LogP contribution in [-0.2, 0) is 0 Å². The van der Waals surface area contributed by atoms with Crippen LogP contribution in [0.4, 0.5) is 0 Å². The molecular weight excluding hydrogens is 663 g/mol. The van der Waals surface area contributed by atoms with Crippen LogP contribution in [0.5, 0.6) is 34.5 Å². The molecule has 9 nitrogen and oxygen atoms in total. The molecule has 1 heterocycles. The number of phenolic OH excluding ortho intramolecular Hbond substituents is 4. The van der Waals surface area contributed by atoms with Crippen molar-refractivity contribution in [3.8, 4) is 34.5 Å². The maximum atomic E-state index is 10.4. The summed E-state index contributed by atoms with van der Waals surface area (Å²) in [6, 6.07) is 45.5. The molecule has 1 aliphatic heterocycles. The van der Waals surface area contributed by atoms with Crippen LogP contribution in [0.25, 0.3) is 0 Å². The van der Waals surface area contributed by atoms with Gasteiger partial charge in [0.05, 0.1) is 0 Å². The van der Waals surface area contributed by atoms with E-state index in [9.17, 15) is 20.4 Å². The van der Waals surface area contributed by atoms with E-state index in [4.69, 9.17) is 22.6 Å². The van der Waals surface area contributed by atoms with Crippen molar-refractivity contribution >= 4 is 43.3 Å². The first-order chi connectivity index (χ1) is 23.3. The Morgan fingerprint density at radius 2 is 0.625 bits per heavy atom. The van der Waals surface area contributed by atoms with Gasteiger partial charge >= 0.3 is 7.66 Å². The van der Waals surface area contributed by atoms with Gasteiger partial charge in [0.1, 0.15) is 48.9 Å². The Hall–Kier alpha value is -5.19. The van der Waals surface area contributed by atoms with Crippen LogP contribution in [0.3, 0.4) is 0 Å². The topological polar surface area (TPSA) is 136 Å². The molecule has 0 bridgehead atoms. The first-order valence-electron chi connectivity index (χ1n) is 14.9. The number of para-hydroxylation sites is 2. The van der Waals surface area contributed by atoms with Crippen LogP contribution in [0, 0.1) is 0 Å². The quantitative estimate of drug-likeness (QED) is 0.118. The Morgan fingerprint density at radius 3 is 0.938 bits per heavy atom. The van der Waals surface area contributed by atoms with Gasteiger partial charge in [-0.1, -0.05) is 36.4 Å². The predicted molar refractivity (Wildman–Crippen MR) is 193 cm³/mol. The minimum atomic E-state index is -3.78. The molecule has 7 rings (SSSR count). The van der Waals surface area contributed by atoms with E-state index in [1.165, 1.54) is 0 Å². The van der Waals surface area contributed by atoms with Gasteiger partial charge in [0, 0.05) is 21.2 Å². The molecule has 0 saturated heterocycles. The number of rotatable bonds is 8. The number of hydrogen-bond donors (Lipinski definition) is 4. The highest BCUT2D eigenvalue weighted by atomic mass is 31.3. The average Bonchev–Trinajstić information content (AvgIpc) is 3.10. The SMILES string of the molecule is Oc1ccc(P2(c3ccc(O)cc3)=NP(Oc3ccccc3)(Oc3ccccc3)=NP(c3ccc(O)cc3)(c3ccc(O)cc3)=N2)cc1. The van der Waals surface area contributed by atoms with Gasteiger partial charge in [-0.3, -0.25) is 0 Å². The molecule has 4 N–H and O–H groups in total. The van der Waals surface area contributed by atoms with Gasteiger partial charge < -0.3 is 29.5 Å². The molecule has 12 heteroatoms. The average molecular weight is 694 g/mol. The summed E-state index contributed by atoms with van der Waals surface area (Å²) < 4.78 is 30.6. The van der Waals surface area contributed by atoms with Crippen molar-refractivity contribution in [3.05, 3.63) is 158 Å². The number of hydrogen-bond acceptors (Lipinski definition) is 9. The molecule has 0 atom stereocenters. The monoisotopic (exact) mass is 693 g/mol. The second kappa shape index (κ2) is 12.8. The van der Waals surface area contributed by atoms with Gasteiger partial charge in [-0.05, 0) is 121 Å². The predicted octanol–water partition coefficient (Wildman–Crippen LogP) is 8.46. The fraction of sp³-hybridized carbons (Fsp3) is 0. The van der Waals surface area contributed by atoms with Gasteiger partial charge in [0.15, 0.2) is 0 Å². The fourth-order valence-electron chi connectivity index (χ4n) is 5.25. The van der Waals surface area contributed by atoms with Gasteiger partial charge in [-0.25, -0.2) is 4.52 Å². The van der Waals surface area contributed by atoms with Crippen LogP contribution in [0.15, 0.2) is 171 Å². The first-order valence-corrected chi connectivity index (χ1v) is 19.8. The highest BCUT2D eigenvalue weighted by molar-refractivity contribution is 7.95. The van der Waals surface area contributed by atoms with Gasteiger partial charge in [0.25, 0.3) is 0 Å². The second-order valence-corrected chi connectivity index (χ2v) is 18.8. The first kappa shape index (κ1) is 31.4. The zero-order chi connectivity index (χ0) is 33.2. The highest BCUT2D eigenvalue weighted by Gasteiger charge is 2.44. The number of aromatic hydroxyl groups is 4. The largest absolute Gasteiger partial charge is 0.508 e. The normalized spacial score (nSPS) is 15.6. The molecule has 0 unspecified atom stereocenters. The van der Waals surface area contributed by atoms with Crippen molar-refractivity contribution in [2.24, 2.45) is 13.5 Å². The van der Waals surface area contributed by atoms with E-state index in [0.29, 0.717) is 32.7 Å². The summed E-state index contributed by atoms with van der Waals surface area (Å²) in [5.74, 6) is 1.27. The molecule has 0 aliphatic carbocycles. The fourth-order valence-corrected chi connectivity index (χ4v) is 18.3. The molecule has 6 aromatic rings. The lowest BCUT2D eigenvalue weighted by atomic mass is 10.3. The summed E-state index contributed by atoms with van der Waals surface area (Å²) in [5.41, 5.74) is 0. The van der Waals surface area contributed by atoms with Gasteiger partial charge in [-0.15, -0.1) is 0 Å². The molecule has 0 saturated carbocycles. The Labute approximate surface area is 277 Å². The standard InChI is InChI=1S/C36H30N3O6P3/c40-27-11-19-33(20-12-27)46(34-21-13-28(41)14-22-34)37-47(35-23-15-29(42)16-24-35,36-25-17-30(43)18-26-36)39-48(38-46,44-31-7-3-1-4-8-31)45-32-9-5-2-6-10-32/h1-26,40-43H. The van der Waals surface area contributed by atoms with Gasteiger partial charge in [-0.2, -0.15) is 9.03 Å².